The Kier molecular flexibility index (Phi) is 8.84. The number of rotatable bonds is 10. The Morgan fingerprint density at radius 2 is 2.18 bits per heavy atom. The first-order chi connectivity index (χ1) is 10.6. The van der Waals surface area contributed by atoms with Gasteiger partial charge < -0.3 is 25.3 Å². The van der Waals surface area contributed by atoms with Crippen molar-refractivity contribution in [3.8, 4) is 5.75 Å². The third kappa shape index (κ3) is 6.19. The zero-order valence-corrected chi connectivity index (χ0v) is 13.7. The van der Waals surface area contributed by atoms with E-state index < -0.39 is 0 Å². The van der Waals surface area contributed by atoms with Gasteiger partial charge in [0, 0.05) is 20.3 Å². The van der Waals surface area contributed by atoms with Crippen LogP contribution in [0.25, 0.3) is 0 Å². The van der Waals surface area contributed by atoms with Crippen LogP contribution in [0.2, 0.25) is 5.02 Å². The number of amides is 1. The van der Waals surface area contributed by atoms with Gasteiger partial charge in [-0.15, -0.1) is 0 Å². The molecule has 0 saturated carbocycles. The summed E-state index contributed by atoms with van der Waals surface area (Å²) >= 11 is 6.12. The third-order valence-electron chi connectivity index (χ3n) is 2.93. The average molecular weight is 331 g/mol. The van der Waals surface area contributed by atoms with Crippen LogP contribution in [-0.2, 0) is 14.3 Å². The van der Waals surface area contributed by atoms with E-state index in [9.17, 15) is 4.79 Å². The molecule has 0 aromatic heterocycles. The van der Waals surface area contributed by atoms with E-state index in [1.54, 1.807) is 18.2 Å². The Balaban J connectivity index is 2.68. The van der Waals surface area contributed by atoms with Gasteiger partial charge in [0.2, 0.25) is 5.91 Å². The first kappa shape index (κ1) is 18.7. The number of carbonyl (C=O) groups excluding carboxylic acids is 1. The molecule has 0 fully saturated rings. The van der Waals surface area contributed by atoms with Crippen molar-refractivity contribution in [3.63, 3.8) is 0 Å². The topological polar surface area (TPSA) is 82.8 Å². The molecule has 1 aromatic rings. The maximum Gasteiger partial charge on any atom is 0.227 e. The molecule has 1 amide bonds. The summed E-state index contributed by atoms with van der Waals surface area (Å²) in [5, 5.41) is 3.19. The van der Waals surface area contributed by atoms with E-state index in [1.165, 1.54) is 7.11 Å². The van der Waals surface area contributed by atoms with Crippen molar-refractivity contribution < 1.29 is 19.0 Å². The Labute approximate surface area is 135 Å². The number of nitrogens with two attached hydrogens (primary N) is 1. The van der Waals surface area contributed by atoms with Crippen molar-refractivity contribution >= 4 is 23.2 Å². The fourth-order valence-corrected chi connectivity index (χ4v) is 2.00. The second-order valence-corrected chi connectivity index (χ2v) is 4.91. The normalized spacial score (nSPS) is 12.0. The number of methoxy groups -OCH3 is 1. The number of para-hydroxylation sites is 1. The van der Waals surface area contributed by atoms with Crippen LogP contribution < -0.4 is 15.8 Å². The minimum atomic E-state index is -0.318. The molecule has 6 nitrogen and oxygen atoms in total. The lowest BCUT2D eigenvalue weighted by atomic mass is 10.2. The number of halogens is 1. The molecule has 0 aliphatic heterocycles. The number of nitrogens with one attached hydrogen (secondary N) is 1. The minimum Gasteiger partial charge on any atom is -0.487 e. The second kappa shape index (κ2) is 10.4. The number of hydrogen-bond acceptors (Lipinski definition) is 5. The van der Waals surface area contributed by atoms with E-state index in [0.29, 0.717) is 36.3 Å². The van der Waals surface area contributed by atoms with Gasteiger partial charge in [-0.2, -0.15) is 0 Å². The van der Waals surface area contributed by atoms with Crippen molar-refractivity contribution in [1.29, 1.82) is 0 Å². The Bertz CT molecular complexity index is 467. The van der Waals surface area contributed by atoms with Gasteiger partial charge in [0.15, 0.2) is 5.75 Å². The predicted octanol–water partition coefficient (Wildman–Crippen LogP) is 2.06. The molecule has 0 bridgehead atoms. The summed E-state index contributed by atoms with van der Waals surface area (Å²) in [5.41, 5.74) is 6.02. The standard InChI is InChI=1S/C15H23ClN2O4/c1-3-21-7-8-22-15-12(16)5-4-6-13(15)18-14(19)9-11(10-17)20-2/h4-6,11H,3,7-10,17H2,1-2H3,(H,18,19). The molecule has 1 unspecified atom stereocenters. The zero-order chi connectivity index (χ0) is 16.4. The van der Waals surface area contributed by atoms with Gasteiger partial charge in [-0.3, -0.25) is 4.79 Å². The molecule has 0 heterocycles. The van der Waals surface area contributed by atoms with E-state index >= 15 is 0 Å². The molecule has 1 aromatic carbocycles. The van der Waals surface area contributed by atoms with Crippen molar-refractivity contribution in [2.24, 2.45) is 5.73 Å². The molecule has 3 N–H and O–H groups in total. The SMILES string of the molecule is CCOCCOc1c(Cl)cccc1NC(=O)CC(CN)OC. The van der Waals surface area contributed by atoms with Crippen LogP contribution in [0.1, 0.15) is 13.3 Å². The van der Waals surface area contributed by atoms with Crippen molar-refractivity contribution in [2.45, 2.75) is 19.4 Å². The molecule has 22 heavy (non-hydrogen) atoms. The summed E-state index contributed by atoms with van der Waals surface area (Å²) in [6.45, 7) is 3.60. The van der Waals surface area contributed by atoms with E-state index in [2.05, 4.69) is 5.32 Å². The maximum absolute atomic E-state index is 12.0. The van der Waals surface area contributed by atoms with Crippen LogP contribution in [-0.4, -0.2) is 45.5 Å². The highest BCUT2D eigenvalue weighted by atomic mass is 35.5. The molecule has 0 radical (unpaired) electrons. The first-order valence-corrected chi connectivity index (χ1v) is 7.51. The largest absolute Gasteiger partial charge is 0.487 e. The highest BCUT2D eigenvalue weighted by molar-refractivity contribution is 6.32. The highest BCUT2D eigenvalue weighted by Crippen LogP contribution is 2.33. The Morgan fingerprint density at radius 1 is 1.41 bits per heavy atom. The summed E-state index contributed by atoms with van der Waals surface area (Å²) in [4.78, 5) is 12.0. The van der Waals surface area contributed by atoms with Crippen LogP contribution in [0.3, 0.4) is 0 Å². The van der Waals surface area contributed by atoms with Crippen molar-refractivity contribution in [2.75, 3.05) is 38.8 Å². The summed E-state index contributed by atoms with van der Waals surface area (Å²) in [7, 11) is 1.52. The Morgan fingerprint density at radius 3 is 2.82 bits per heavy atom. The van der Waals surface area contributed by atoms with Crippen LogP contribution in [0.15, 0.2) is 18.2 Å². The lowest BCUT2D eigenvalue weighted by Crippen LogP contribution is -2.28. The molecule has 1 atom stereocenters. The smallest absolute Gasteiger partial charge is 0.227 e. The fourth-order valence-electron chi connectivity index (χ4n) is 1.77. The fraction of sp³-hybridized carbons (Fsp3) is 0.533. The Hall–Kier alpha value is -1.34. The van der Waals surface area contributed by atoms with Gasteiger partial charge in [0.05, 0.1) is 29.8 Å². The summed E-state index contributed by atoms with van der Waals surface area (Å²) in [5.74, 6) is 0.216. The van der Waals surface area contributed by atoms with Gasteiger partial charge >= 0.3 is 0 Å². The molecule has 0 saturated heterocycles. The summed E-state index contributed by atoms with van der Waals surface area (Å²) in [6, 6.07) is 5.17. The number of hydrogen-bond donors (Lipinski definition) is 2. The quantitative estimate of drug-likeness (QED) is 0.642. The molecule has 124 valence electrons. The van der Waals surface area contributed by atoms with Crippen LogP contribution in [0.5, 0.6) is 5.75 Å². The van der Waals surface area contributed by atoms with Gasteiger partial charge in [0.1, 0.15) is 6.61 Å². The maximum atomic E-state index is 12.0. The predicted molar refractivity (Wildman–Crippen MR) is 86.5 cm³/mol. The second-order valence-electron chi connectivity index (χ2n) is 4.51. The van der Waals surface area contributed by atoms with Crippen LogP contribution >= 0.6 is 11.6 Å². The first-order valence-electron chi connectivity index (χ1n) is 7.14. The van der Waals surface area contributed by atoms with Crippen molar-refractivity contribution in [3.05, 3.63) is 23.2 Å². The van der Waals surface area contributed by atoms with Crippen LogP contribution in [0, 0.1) is 0 Å². The lowest BCUT2D eigenvalue weighted by Gasteiger charge is -2.16. The molecule has 1 rings (SSSR count). The molecule has 0 spiro atoms. The number of benzene rings is 1. The minimum absolute atomic E-state index is 0.165. The van der Waals surface area contributed by atoms with Gasteiger partial charge in [-0.05, 0) is 19.1 Å². The van der Waals surface area contributed by atoms with Crippen molar-refractivity contribution in [1.82, 2.24) is 0 Å². The monoisotopic (exact) mass is 330 g/mol. The molecule has 0 aliphatic rings. The number of ether oxygens (including phenoxy) is 3. The molecular formula is C15H23ClN2O4. The lowest BCUT2D eigenvalue weighted by molar-refractivity contribution is -0.118. The molecular weight excluding hydrogens is 308 g/mol. The third-order valence-corrected chi connectivity index (χ3v) is 3.23. The molecule has 0 aliphatic carbocycles. The number of carbonyl (C=O) groups is 1. The molecule has 7 heteroatoms. The van der Waals surface area contributed by atoms with Crippen LogP contribution in [0.4, 0.5) is 5.69 Å². The number of anilines is 1. The van der Waals surface area contributed by atoms with E-state index in [4.69, 9.17) is 31.5 Å². The summed E-state index contributed by atoms with van der Waals surface area (Å²) in [6.07, 6.45) is -0.153. The van der Waals surface area contributed by atoms with Gasteiger partial charge in [-0.25, -0.2) is 0 Å². The van der Waals surface area contributed by atoms with E-state index in [-0.39, 0.29) is 25.0 Å². The zero-order valence-electron chi connectivity index (χ0n) is 12.9. The van der Waals surface area contributed by atoms with Gasteiger partial charge in [0.25, 0.3) is 0 Å². The van der Waals surface area contributed by atoms with Gasteiger partial charge in [-0.1, -0.05) is 17.7 Å². The highest BCUT2D eigenvalue weighted by Gasteiger charge is 2.15. The van der Waals surface area contributed by atoms with E-state index in [0.717, 1.165) is 0 Å². The van der Waals surface area contributed by atoms with E-state index in [1.807, 2.05) is 6.92 Å². The summed E-state index contributed by atoms with van der Waals surface area (Å²) < 4.78 is 15.9. The average Bonchev–Trinajstić information content (AvgIpc) is 2.51.